The minimum Gasteiger partial charge on any atom is -0.342 e. The largest absolute Gasteiger partial charge is 0.403 e. The zero-order valence-electron chi connectivity index (χ0n) is 9.80. The van der Waals surface area contributed by atoms with Crippen LogP contribution in [0.15, 0.2) is 0 Å². The highest BCUT2D eigenvalue weighted by Gasteiger charge is 2.63. The van der Waals surface area contributed by atoms with Crippen LogP contribution in [0.2, 0.25) is 0 Å². The van der Waals surface area contributed by atoms with Crippen LogP contribution in [-0.2, 0) is 9.59 Å². The maximum atomic E-state index is 12.9. The van der Waals surface area contributed by atoms with E-state index >= 15 is 0 Å². The Morgan fingerprint density at radius 3 is 2.44 bits per heavy atom. The molecule has 18 heavy (non-hydrogen) atoms. The maximum absolute atomic E-state index is 12.9. The molecule has 2 aliphatic rings. The lowest BCUT2D eigenvalue weighted by molar-refractivity contribution is -0.243. The molecule has 1 unspecified atom stereocenters. The van der Waals surface area contributed by atoms with E-state index in [4.69, 9.17) is 0 Å². The van der Waals surface area contributed by atoms with Gasteiger partial charge in [0.25, 0.3) is 5.91 Å². The minimum atomic E-state index is -4.56. The van der Waals surface area contributed by atoms with Crippen LogP contribution in [0.25, 0.3) is 0 Å². The van der Waals surface area contributed by atoms with Gasteiger partial charge in [-0.3, -0.25) is 15.0 Å². The van der Waals surface area contributed by atoms with E-state index in [0.717, 1.165) is 0 Å². The third kappa shape index (κ3) is 1.94. The number of nitrogens with one attached hydrogen (secondary N) is 2. The molecule has 0 radical (unpaired) electrons. The molecular weight excluding hydrogens is 251 g/mol. The average Bonchev–Trinajstić information content (AvgIpc) is 2.39. The molecule has 0 spiro atoms. The van der Waals surface area contributed by atoms with Crippen molar-refractivity contribution in [2.45, 2.75) is 31.5 Å². The lowest BCUT2D eigenvalue weighted by Gasteiger charge is -2.41. The minimum absolute atomic E-state index is 0.165. The van der Waals surface area contributed by atoms with Gasteiger partial charge in [0.1, 0.15) is 11.5 Å². The summed E-state index contributed by atoms with van der Waals surface area (Å²) in [7, 11) is 1.58. The van der Waals surface area contributed by atoms with Crippen LogP contribution in [0, 0.1) is 5.41 Å². The van der Waals surface area contributed by atoms with E-state index in [0.29, 0.717) is 6.42 Å². The van der Waals surface area contributed by atoms with Gasteiger partial charge in [0.2, 0.25) is 5.91 Å². The molecular formula is C10H14F3N3O2. The van der Waals surface area contributed by atoms with E-state index in [1.54, 1.807) is 7.05 Å². The highest BCUT2D eigenvalue weighted by molar-refractivity contribution is 5.91. The van der Waals surface area contributed by atoms with Crippen LogP contribution in [0.5, 0.6) is 0 Å². The summed E-state index contributed by atoms with van der Waals surface area (Å²) in [5.74, 6) is -1.57. The number of hydrogen-bond donors (Lipinski definition) is 2. The van der Waals surface area contributed by atoms with Crippen LogP contribution >= 0.6 is 0 Å². The van der Waals surface area contributed by atoms with Crippen molar-refractivity contribution in [3.05, 3.63) is 0 Å². The van der Waals surface area contributed by atoms with Gasteiger partial charge in [-0.15, -0.1) is 0 Å². The van der Waals surface area contributed by atoms with Crippen LogP contribution in [0.4, 0.5) is 13.2 Å². The van der Waals surface area contributed by atoms with E-state index in [-0.39, 0.29) is 19.4 Å². The van der Waals surface area contributed by atoms with Gasteiger partial charge in [-0.2, -0.15) is 13.2 Å². The molecule has 1 heterocycles. The Labute approximate surface area is 102 Å². The van der Waals surface area contributed by atoms with Gasteiger partial charge in [0.05, 0.1) is 0 Å². The van der Waals surface area contributed by atoms with Gasteiger partial charge in [-0.05, 0) is 12.8 Å². The van der Waals surface area contributed by atoms with Gasteiger partial charge < -0.3 is 5.32 Å². The summed E-state index contributed by atoms with van der Waals surface area (Å²) in [6, 6.07) is -0.915. The SMILES string of the molecule is CN1CC(NC(=O)C2(C(F)(F)F)CCC2)C(=O)N1. The van der Waals surface area contributed by atoms with E-state index in [1.807, 2.05) is 0 Å². The lowest BCUT2D eigenvalue weighted by Crippen LogP contribution is -2.58. The fourth-order valence-corrected chi connectivity index (χ4v) is 2.25. The summed E-state index contributed by atoms with van der Waals surface area (Å²) in [6.07, 6.45) is -4.58. The van der Waals surface area contributed by atoms with E-state index < -0.39 is 29.4 Å². The molecule has 1 atom stereocenters. The number of amides is 2. The number of carbonyl (C=O) groups excluding carboxylic acids is 2. The number of alkyl halides is 3. The first-order chi connectivity index (χ1) is 8.26. The van der Waals surface area contributed by atoms with E-state index in [9.17, 15) is 22.8 Å². The predicted molar refractivity (Wildman–Crippen MR) is 55.0 cm³/mol. The molecule has 102 valence electrons. The molecule has 2 amide bonds. The molecule has 8 heteroatoms. The van der Waals surface area contributed by atoms with Crippen molar-refractivity contribution in [1.29, 1.82) is 0 Å². The normalized spacial score (nSPS) is 27.6. The zero-order valence-corrected chi connectivity index (χ0v) is 9.80. The van der Waals surface area contributed by atoms with Crippen molar-refractivity contribution >= 4 is 11.8 Å². The van der Waals surface area contributed by atoms with Crippen LogP contribution in [0.1, 0.15) is 19.3 Å². The van der Waals surface area contributed by atoms with Crippen molar-refractivity contribution < 1.29 is 22.8 Å². The molecule has 2 fully saturated rings. The maximum Gasteiger partial charge on any atom is 0.403 e. The Balaban J connectivity index is 2.06. The lowest BCUT2D eigenvalue weighted by atomic mass is 9.67. The molecule has 0 aromatic heterocycles. The number of likely N-dealkylation sites (N-methyl/N-ethyl adjacent to an activating group) is 1. The van der Waals surface area contributed by atoms with Gasteiger partial charge in [0.15, 0.2) is 0 Å². The molecule has 1 saturated heterocycles. The second kappa shape index (κ2) is 4.11. The number of halogens is 3. The summed E-state index contributed by atoms with van der Waals surface area (Å²) >= 11 is 0. The zero-order chi connectivity index (χ0) is 13.6. The van der Waals surface area contributed by atoms with Crippen molar-refractivity contribution in [3.8, 4) is 0 Å². The third-order valence-corrected chi connectivity index (χ3v) is 3.56. The molecule has 0 bridgehead atoms. The fraction of sp³-hybridized carbons (Fsp3) is 0.800. The number of hydrogen-bond acceptors (Lipinski definition) is 3. The van der Waals surface area contributed by atoms with Crippen molar-refractivity contribution in [2.75, 3.05) is 13.6 Å². The Morgan fingerprint density at radius 2 is 2.11 bits per heavy atom. The number of hydrazine groups is 1. The van der Waals surface area contributed by atoms with Gasteiger partial charge in [-0.1, -0.05) is 6.42 Å². The second-order valence-corrected chi connectivity index (χ2v) is 4.82. The third-order valence-electron chi connectivity index (χ3n) is 3.56. The molecule has 0 aromatic carbocycles. The first-order valence-electron chi connectivity index (χ1n) is 5.65. The Bertz CT molecular complexity index is 379. The summed E-state index contributed by atoms with van der Waals surface area (Å²) in [4.78, 5) is 23.1. The van der Waals surface area contributed by atoms with Crippen molar-refractivity contribution in [2.24, 2.45) is 5.41 Å². The summed E-state index contributed by atoms with van der Waals surface area (Å²) in [5.41, 5.74) is 0.0996. The summed E-state index contributed by atoms with van der Waals surface area (Å²) < 4.78 is 38.6. The number of carbonyl (C=O) groups is 2. The topological polar surface area (TPSA) is 61.4 Å². The molecule has 1 saturated carbocycles. The average molecular weight is 265 g/mol. The molecule has 5 nitrogen and oxygen atoms in total. The fourth-order valence-electron chi connectivity index (χ4n) is 2.25. The Hall–Kier alpha value is -1.31. The number of rotatable bonds is 2. The van der Waals surface area contributed by atoms with E-state index in [2.05, 4.69) is 10.7 Å². The molecule has 2 N–H and O–H groups in total. The monoisotopic (exact) mass is 265 g/mol. The van der Waals surface area contributed by atoms with Crippen molar-refractivity contribution in [3.63, 3.8) is 0 Å². The molecule has 2 rings (SSSR count). The highest BCUT2D eigenvalue weighted by Crippen LogP contribution is 2.53. The molecule has 1 aliphatic carbocycles. The Morgan fingerprint density at radius 1 is 1.50 bits per heavy atom. The van der Waals surface area contributed by atoms with Crippen LogP contribution < -0.4 is 10.7 Å². The predicted octanol–water partition coefficient (Wildman–Crippen LogP) is 0.180. The second-order valence-electron chi connectivity index (χ2n) is 4.82. The van der Waals surface area contributed by atoms with Crippen LogP contribution in [-0.4, -0.2) is 42.6 Å². The molecule has 0 aromatic rings. The highest BCUT2D eigenvalue weighted by atomic mass is 19.4. The smallest absolute Gasteiger partial charge is 0.342 e. The number of nitrogens with zero attached hydrogens (tertiary/aromatic N) is 1. The molecule has 1 aliphatic heterocycles. The van der Waals surface area contributed by atoms with Gasteiger partial charge in [-0.25, -0.2) is 5.01 Å². The summed E-state index contributed by atoms with van der Waals surface area (Å²) in [5, 5.41) is 3.62. The first-order valence-corrected chi connectivity index (χ1v) is 5.65. The standard InChI is InChI=1S/C10H14F3N3O2/c1-16-5-6(7(17)15-16)14-8(18)9(3-2-4-9)10(11,12)13/h6H,2-5H2,1H3,(H,14,18)(H,15,17). The van der Waals surface area contributed by atoms with Gasteiger partial charge >= 0.3 is 6.18 Å². The summed E-state index contributed by atoms with van der Waals surface area (Å²) in [6.45, 7) is 0.165. The first kappa shape index (κ1) is 13.1. The quantitative estimate of drug-likeness (QED) is 0.748. The van der Waals surface area contributed by atoms with Crippen LogP contribution in [0.3, 0.4) is 0 Å². The van der Waals surface area contributed by atoms with E-state index in [1.165, 1.54) is 5.01 Å². The Kier molecular flexibility index (Phi) is 3.00. The van der Waals surface area contributed by atoms with Crippen molar-refractivity contribution in [1.82, 2.24) is 15.8 Å². The van der Waals surface area contributed by atoms with Gasteiger partial charge in [0, 0.05) is 13.6 Å².